The van der Waals surface area contributed by atoms with Crippen LogP contribution in [-0.2, 0) is 0 Å². The molecule has 6 nitrogen and oxygen atoms in total. The first-order valence-corrected chi connectivity index (χ1v) is 6.27. The first-order chi connectivity index (χ1) is 9.21. The molecule has 0 unspecified atom stereocenters. The van der Waals surface area contributed by atoms with Crippen molar-refractivity contribution in [3.8, 4) is 0 Å². The third-order valence-electron chi connectivity index (χ3n) is 3.78. The van der Waals surface area contributed by atoms with Gasteiger partial charge in [0.15, 0.2) is 0 Å². The minimum atomic E-state index is -4.18. The summed E-state index contributed by atoms with van der Waals surface area (Å²) in [6.07, 6.45) is -3.64. The van der Waals surface area contributed by atoms with Crippen molar-refractivity contribution < 1.29 is 18.1 Å². The molecule has 0 aromatic carbocycles. The van der Waals surface area contributed by atoms with Gasteiger partial charge in [-0.3, -0.25) is 10.1 Å². The van der Waals surface area contributed by atoms with Crippen LogP contribution in [0.1, 0.15) is 37.4 Å². The summed E-state index contributed by atoms with van der Waals surface area (Å²) in [6.45, 7) is 1.46. The fourth-order valence-electron chi connectivity index (χ4n) is 2.71. The Morgan fingerprint density at radius 2 is 1.90 bits per heavy atom. The van der Waals surface area contributed by atoms with Gasteiger partial charge in [-0.2, -0.15) is 18.3 Å². The lowest BCUT2D eigenvalue weighted by molar-refractivity contribution is -0.384. The van der Waals surface area contributed by atoms with E-state index >= 15 is 0 Å². The van der Waals surface area contributed by atoms with Crippen molar-refractivity contribution in [2.75, 3.05) is 5.73 Å². The number of nitrogens with zero attached hydrogens (tertiary/aromatic N) is 3. The SMILES string of the molecule is Cc1nn(C2CCC(C(F)(F)F)CC2)c(N)c1[N+](=O)[O-]. The molecule has 2 rings (SSSR count). The van der Waals surface area contributed by atoms with Crippen LogP contribution in [0.15, 0.2) is 0 Å². The molecule has 2 N–H and O–H groups in total. The normalized spacial score (nSPS) is 23.8. The van der Waals surface area contributed by atoms with Crippen molar-refractivity contribution >= 4 is 11.5 Å². The molecule has 0 radical (unpaired) electrons. The Kier molecular flexibility index (Phi) is 3.61. The molecule has 1 heterocycles. The lowest BCUT2D eigenvalue weighted by atomic mass is 9.85. The van der Waals surface area contributed by atoms with E-state index in [9.17, 15) is 23.3 Å². The molecular formula is C11H15F3N4O2. The second-order valence-corrected chi connectivity index (χ2v) is 5.07. The number of rotatable bonds is 2. The van der Waals surface area contributed by atoms with Gasteiger partial charge in [-0.1, -0.05) is 0 Å². The number of anilines is 1. The van der Waals surface area contributed by atoms with Crippen LogP contribution in [0.2, 0.25) is 0 Å². The third kappa shape index (κ3) is 2.56. The van der Waals surface area contributed by atoms with Crippen LogP contribution in [0.4, 0.5) is 24.7 Å². The van der Waals surface area contributed by atoms with E-state index in [2.05, 4.69) is 5.10 Å². The van der Waals surface area contributed by atoms with E-state index in [-0.39, 0.29) is 48.9 Å². The van der Waals surface area contributed by atoms with Gasteiger partial charge in [0.1, 0.15) is 5.69 Å². The number of alkyl halides is 3. The molecule has 9 heteroatoms. The zero-order valence-electron chi connectivity index (χ0n) is 10.9. The molecule has 0 amide bonds. The fraction of sp³-hybridized carbons (Fsp3) is 0.727. The highest BCUT2D eigenvalue weighted by atomic mass is 19.4. The molecule has 1 aromatic rings. The molecule has 1 aliphatic rings. The average molecular weight is 292 g/mol. The summed E-state index contributed by atoms with van der Waals surface area (Å²) in [7, 11) is 0. The summed E-state index contributed by atoms with van der Waals surface area (Å²) < 4.78 is 39.1. The first kappa shape index (κ1) is 14.6. The van der Waals surface area contributed by atoms with E-state index < -0.39 is 17.0 Å². The van der Waals surface area contributed by atoms with Crippen LogP contribution in [0.3, 0.4) is 0 Å². The fourth-order valence-corrected chi connectivity index (χ4v) is 2.71. The number of nitro groups is 1. The van der Waals surface area contributed by atoms with E-state index in [4.69, 9.17) is 5.73 Å². The topological polar surface area (TPSA) is 87.0 Å². The molecule has 0 saturated heterocycles. The maximum atomic E-state index is 12.6. The van der Waals surface area contributed by atoms with Crippen molar-refractivity contribution in [3.05, 3.63) is 15.8 Å². The maximum Gasteiger partial charge on any atom is 0.391 e. The van der Waals surface area contributed by atoms with Gasteiger partial charge in [0, 0.05) is 0 Å². The predicted octanol–water partition coefficient (Wildman–Crippen LogP) is 2.98. The van der Waals surface area contributed by atoms with Gasteiger partial charge < -0.3 is 5.73 Å². The minimum absolute atomic E-state index is 0.000309. The van der Waals surface area contributed by atoms with Crippen LogP contribution in [0.5, 0.6) is 0 Å². The van der Waals surface area contributed by atoms with E-state index in [0.29, 0.717) is 0 Å². The summed E-state index contributed by atoms with van der Waals surface area (Å²) in [5.74, 6) is -1.38. The third-order valence-corrected chi connectivity index (χ3v) is 3.78. The second kappa shape index (κ2) is 4.95. The van der Waals surface area contributed by atoms with Gasteiger partial charge in [-0.15, -0.1) is 0 Å². The van der Waals surface area contributed by atoms with Gasteiger partial charge >= 0.3 is 11.9 Å². The molecule has 0 bridgehead atoms. The monoisotopic (exact) mass is 292 g/mol. The van der Waals surface area contributed by atoms with Crippen molar-refractivity contribution in [2.45, 2.75) is 44.8 Å². The Morgan fingerprint density at radius 3 is 2.30 bits per heavy atom. The van der Waals surface area contributed by atoms with Gasteiger partial charge in [0.2, 0.25) is 5.82 Å². The maximum absolute atomic E-state index is 12.6. The number of aromatic nitrogens is 2. The van der Waals surface area contributed by atoms with Crippen molar-refractivity contribution in [3.63, 3.8) is 0 Å². The Hall–Kier alpha value is -1.80. The molecule has 112 valence electrons. The molecule has 0 atom stereocenters. The average Bonchev–Trinajstić information content (AvgIpc) is 2.64. The number of hydrogen-bond donors (Lipinski definition) is 1. The molecule has 1 aromatic heterocycles. The second-order valence-electron chi connectivity index (χ2n) is 5.07. The summed E-state index contributed by atoms with van der Waals surface area (Å²) in [4.78, 5) is 10.2. The van der Waals surface area contributed by atoms with Gasteiger partial charge in [0.25, 0.3) is 0 Å². The lowest BCUT2D eigenvalue weighted by Gasteiger charge is -2.30. The molecule has 0 aliphatic heterocycles. The zero-order valence-corrected chi connectivity index (χ0v) is 10.9. The smallest absolute Gasteiger partial charge is 0.378 e. The van der Waals surface area contributed by atoms with Gasteiger partial charge in [-0.25, -0.2) is 4.68 Å². The van der Waals surface area contributed by atoms with E-state index in [1.54, 1.807) is 0 Å². The van der Waals surface area contributed by atoms with Gasteiger partial charge in [0.05, 0.1) is 16.9 Å². The van der Waals surface area contributed by atoms with E-state index in [1.807, 2.05) is 0 Å². The Morgan fingerprint density at radius 1 is 1.35 bits per heavy atom. The predicted molar refractivity (Wildman–Crippen MR) is 65.1 cm³/mol. The standard InChI is InChI=1S/C11H15F3N4O2/c1-6-9(18(19)20)10(15)17(16-6)8-4-2-7(3-5-8)11(12,13)14/h7-8H,2-5,15H2,1H3. The quantitative estimate of drug-likeness (QED) is 0.670. The number of halogens is 3. The van der Waals surface area contributed by atoms with E-state index in [1.165, 1.54) is 11.6 Å². The van der Waals surface area contributed by atoms with Crippen LogP contribution >= 0.6 is 0 Å². The highest BCUT2D eigenvalue weighted by Gasteiger charge is 2.42. The van der Waals surface area contributed by atoms with Gasteiger partial charge in [-0.05, 0) is 32.6 Å². The molecule has 1 saturated carbocycles. The molecule has 0 spiro atoms. The highest BCUT2D eigenvalue weighted by Crippen LogP contribution is 2.42. The van der Waals surface area contributed by atoms with Crippen LogP contribution in [0, 0.1) is 23.0 Å². The number of aryl methyl sites for hydroxylation is 1. The lowest BCUT2D eigenvalue weighted by Crippen LogP contribution is -2.29. The largest absolute Gasteiger partial charge is 0.391 e. The van der Waals surface area contributed by atoms with E-state index in [0.717, 1.165) is 0 Å². The number of nitrogens with two attached hydrogens (primary N) is 1. The number of nitrogen functional groups attached to an aromatic ring is 1. The van der Waals surface area contributed by atoms with Crippen LogP contribution in [0.25, 0.3) is 0 Å². The molecule has 1 aliphatic carbocycles. The summed E-state index contributed by atoms with van der Waals surface area (Å²) in [5, 5.41) is 14.9. The van der Waals surface area contributed by atoms with Crippen molar-refractivity contribution in [2.24, 2.45) is 5.92 Å². The molecule has 1 fully saturated rings. The molecular weight excluding hydrogens is 277 g/mol. The number of hydrogen-bond acceptors (Lipinski definition) is 4. The summed E-state index contributed by atoms with van der Waals surface area (Å²) >= 11 is 0. The molecule has 20 heavy (non-hydrogen) atoms. The Labute approximate surface area is 112 Å². The summed E-state index contributed by atoms with van der Waals surface area (Å²) in [5.41, 5.74) is 5.62. The minimum Gasteiger partial charge on any atom is -0.378 e. The first-order valence-electron chi connectivity index (χ1n) is 6.27. The van der Waals surface area contributed by atoms with Crippen molar-refractivity contribution in [1.29, 1.82) is 0 Å². The van der Waals surface area contributed by atoms with Crippen molar-refractivity contribution in [1.82, 2.24) is 9.78 Å². The van der Waals surface area contributed by atoms with Crippen LogP contribution < -0.4 is 5.73 Å². The Bertz CT molecular complexity index is 518. The zero-order chi connectivity index (χ0) is 15.1. The summed E-state index contributed by atoms with van der Waals surface area (Å²) in [6, 6.07) is -0.305. The highest BCUT2D eigenvalue weighted by molar-refractivity contribution is 5.56. The Balaban J connectivity index is 2.16. The van der Waals surface area contributed by atoms with Crippen LogP contribution in [-0.4, -0.2) is 20.9 Å².